The fourth-order valence-electron chi connectivity index (χ4n) is 3.63. The highest BCUT2D eigenvalue weighted by atomic mass is 16.2. The van der Waals surface area contributed by atoms with E-state index >= 15 is 0 Å². The summed E-state index contributed by atoms with van der Waals surface area (Å²) in [4.78, 5) is 30.2. The van der Waals surface area contributed by atoms with Gasteiger partial charge in [0.15, 0.2) is 0 Å². The van der Waals surface area contributed by atoms with Gasteiger partial charge in [-0.15, -0.1) is 6.58 Å². The lowest BCUT2D eigenvalue weighted by Gasteiger charge is -2.39. The van der Waals surface area contributed by atoms with Gasteiger partial charge >= 0.3 is 0 Å². The molecule has 2 rings (SSSR count). The van der Waals surface area contributed by atoms with Gasteiger partial charge in [-0.3, -0.25) is 19.4 Å². The Morgan fingerprint density at radius 1 is 1.26 bits per heavy atom. The second kappa shape index (κ2) is 7.93. The van der Waals surface area contributed by atoms with Crippen molar-refractivity contribution in [2.45, 2.75) is 32.9 Å². The minimum atomic E-state index is -0.110. The predicted octanol–water partition coefficient (Wildman–Crippen LogP) is 0.162. The number of rotatable bonds is 5. The Bertz CT molecular complexity index is 446. The van der Waals surface area contributed by atoms with E-state index in [2.05, 4.69) is 28.6 Å². The molecule has 2 heterocycles. The van der Waals surface area contributed by atoms with Crippen LogP contribution in [0, 0.1) is 5.92 Å². The second-order valence-corrected chi connectivity index (χ2v) is 6.75. The highest BCUT2D eigenvalue weighted by Crippen LogP contribution is 2.24. The van der Waals surface area contributed by atoms with E-state index in [1.807, 2.05) is 11.8 Å². The van der Waals surface area contributed by atoms with Crippen LogP contribution >= 0.6 is 0 Å². The molecule has 0 aromatic rings. The molecule has 2 saturated heterocycles. The number of amides is 2. The molecule has 2 amide bonds. The first kappa shape index (κ1) is 17.9. The van der Waals surface area contributed by atoms with Gasteiger partial charge in [-0.25, -0.2) is 0 Å². The molecular weight excluding hydrogens is 292 g/mol. The number of hydrogen-bond donors (Lipinski definition) is 1. The molecule has 0 aromatic carbocycles. The molecule has 0 saturated carbocycles. The molecule has 2 aliphatic heterocycles. The Morgan fingerprint density at radius 2 is 1.91 bits per heavy atom. The first-order valence-electron chi connectivity index (χ1n) is 8.56. The quantitative estimate of drug-likeness (QED) is 0.733. The van der Waals surface area contributed by atoms with Crippen LogP contribution in [0.4, 0.5) is 0 Å². The maximum absolute atomic E-state index is 12.1. The van der Waals surface area contributed by atoms with Crippen molar-refractivity contribution in [3.05, 3.63) is 12.7 Å². The Hall–Kier alpha value is -1.40. The Kier molecular flexibility index (Phi) is 6.18. The van der Waals surface area contributed by atoms with E-state index in [-0.39, 0.29) is 17.9 Å². The van der Waals surface area contributed by atoms with Crippen molar-refractivity contribution in [1.29, 1.82) is 0 Å². The topological polar surface area (TPSA) is 55.9 Å². The van der Waals surface area contributed by atoms with Gasteiger partial charge in [0.25, 0.3) is 0 Å². The fourth-order valence-corrected chi connectivity index (χ4v) is 3.63. The zero-order valence-corrected chi connectivity index (χ0v) is 14.6. The number of piperazine rings is 1. The maximum Gasteiger partial charge on any atom is 0.237 e. The second-order valence-electron chi connectivity index (χ2n) is 6.75. The molecule has 23 heavy (non-hydrogen) atoms. The standard InChI is InChI=1S/C17H30N4O2/c1-5-6-18-17(23)14(3)21-11-13(2)16(12-21)20-9-7-19(8-10-20)15(4)22/h5,13-14,16H,1,6-12H2,2-4H3,(H,18,23)/t13-,14+,16-/m1/s1. The first-order valence-corrected chi connectivity index (χ1v) is 8.56. The van der Waals surface area contributed by atoms with Crippen LogP contribution in [-0.4, -0.2) is 84.4 Å². The van der Waals surface area contributed by atoms with Gasteiger partial charge in [-0.2, -0.15) is 0 Å². The largest absolute Gasteiger partial charge is 0.351 e. The average molecular weight is 322 g/mol. The number of nitrogens with zero attached hydrogens (tertiary/aromatic N) is 3. The normalized spacial score (nSPS) is 27.7. The summed E-state index contributed by atoms with van der Waals surface area (Å²) < 4.78 is 0. The van der Waals surface area contributed by atoms with Crippen molar-refractivity contribution in [3.8, 4) is 0 Å². The summed E-state index contributed by atoms with van der Waals surface area (Å²) in [6, 6.07) is 0.361. The van der Waals surface area contributed by atoms with Crippen molar-refractivity contribution in [2.75, 3.05) is 45.8 Å². The van der Waals surface area contributed by atoms with E-state index in [1.54, 1.807) is 13.0 Å². The highest BCUT2D eigenvalue weighted by molar-refractivity contribution is 5.81. The number of carbonyl (C=O) groups is 2. The number of hydrogen-bond acceptors (Lipinski definition) is 4. The van der Waals surface area contributed by atoms with Crippen LogP contribution in [0.5, 0.6) is 0 Å². The molecule has 0 unspecified atom stereocenters. The van der Waals surface area contributed by atoms with Crippen LogP contribution in [-0.2, 0) is 9.59 Å². The summed E-state index contributed by atoms with van der Waals surface area (Å²) in [7, 11) is 0. The maximum atomic E-state index is 12.1. The molecule has 0 spiro atoms. The van der Waals surface area contributed by atoms with Gasteiger partial charge in [-0.1, -0.05) is 13.0 Å². The van der Waals surface area contributed by atoms with Crippen molar-refractivity contribution in [2.24, 2.45) is 5.92 Å². The van der Waals surface area contributed by atoms with Crippen molar-refractivity contribution in [3.63, 3.8) is 0 Å². The summed E-state index contributed by atoms with van der Waals surface area (Å²) in [5, 5.41) is 2.88. The van der Waals surface area contributed by atoms with E-state index in [9.17, 15) is 9.59 Å². The van der Waals surface area contributed by atoms with Crippen molar-refractivity contribution >= 4 is 11.8 Å². The fraction of sp³-hybridized carbons (Fsp3) is 0.765. The Morgan fingerprint density at radius 3 is 2.48 bits per heavy atom. The third kappa shape index (κ3) is 4.32. The zero-order chi connectivity index (χ0) is 17.0. The molecule has 6 heteroatoms. The molecule has 130 valence electrons. The summed E-state index contributed by atoms with van der Waals surface area (Å²) in [5.74, 6) is 0.769. The molecule has 3 atom stereocenters. The van der Waals surface area contributed by atoms with E-state index in [1.165, 1.54) is 0 Å². The van der Waals surface area contributed by atoms with Gasteiger partial charge in [0.1, 0.15) is 0 Å². The lowest BCUT2D eigenvalue weighted by Crippen LogP contribution is -2.53. The van der Waals surface area contributed by atoms with Gasteiger partial charge in [0.05, 0.1) is 6.04 Å². The van der Waals surface area contributed by atoms with Gasteiger partial charge in [0, 0.05) is 58.8 Å². The molecule has 0 aromatic heterocycles. The third-order valence-electron chi connectivity index (χ3n) is 5.18. The lowest BCUT2D eigenvalue weighted by atomic mass is 10.0. The minimum Gasteiger partial charge on any atom is -0.351 e. The van der Waals surface area contributed by atoms with E-state index in [0.29, 0.717) is 18.5 Å². The minimum absolute atomic E-state index is 0.0687. The summed E-state index contributed by atoms with van der Waals surface area (Å²) in [6.07, 6.45) is 1.70. The first-order chi connectivity index (χ1) is 10.9. The molecule has 0 aliphatic carbocycles. The zero-order valence-electron chi connectivity index (χ0n) is 14.6. The smallest absolute Gasteiger partial charge is 0.237 e. The van der Waals surface area contributed by atoms with Crippen LogP contribution in [0.1, 0.15) is 20.8 Å². The van der Waals surface area contributed by atoms with Crippen LogP contribution in [0.15, 0.2) is 12.7 Å². The summed E-state index contributed by atoms with van der Waals surface area (Å²) in [5.41, 5.74) is 0. The van der Waals surface area contributed by atoms with Gasteiger partial charge in [-0.05, 0) is 12.8 Å². The number of likely N-dealkylation sites (tertiary alicyclic amines) is 1. The molecule has 0 bridgehead atoms. The highest BCUT2D eigenvalue weighted by Gasteiger charge is 2.38. The van der Waals surface area contributed by atoms with Crippen LogP contribution in [0.25, 0.3) is 0 Å². The molecular formula is C17H30N4O2. The number of carbonyl (C=O) groups excluding carboxylic acids is 2. The van der Waals surface area contributed by atoms with E-state index in [0.717, 1.165) is 39.3 Å². The molecule has 0 radical (unpaired) electrons. The predicted molar refractivity (Wildman–Crippen MR) is 91.0 cm³/mol. The average Bonchev–Trinajstić information content (AvgIpc) is 2.93. The summed E-state index contributed by atoms with van der Waals surface area (Å²) in [6.45, 7) is 15.4. The van der Waals surface area contributed by atoms with Crippen molar-refractivity contribution in [1.82, 2.24) is 20.0 Å². The molecule has 6 nitrogen and oxygen atoms in total. The Balaban J connectivity index is 1.87. The monoisotopic (exact) mass is 322 g/mol. The SMILES string of the molecule is C=CCNC(=O)[C@H](C)N1C[C@@H](C)[C@H](N2CCN(C(C)=O)CC2)C1. The van der Waals surface area contributed by atoms with Crippen molar-refractivity contribution < 1.29 is 9.59 Å². The molecule has 2 aliphatic rings. The molecule has 2 fully saturated rings. The third-order valence-corrected chi connectivity index (χ3v) is 5.18. The van der Waals surface area contributed by atoms with E-state index < -0.39 is 0 Å². The number of nitrogens with one attached hydrogen (secondary N) is 1. The lowest BCUT2D eigenvalue weighted by molar-refractivity contribution is -0.131. The van der Waals surface area contributed by atoms with Crippen LogP contribution in [0.3, 0.4) is 0 Å². The van der Waals surface area contributed by atoms with Crippen LogP contribution in [0.2, 0.25) is 0 Å². The Labute approximate surface area is 139 Å². The molecule has 1 N–H and O–H groups in total. The van der Waals surface area contributed by atoms with E-state index in [4.69, 9.17) is 0 Å². The van der Waals surface area contributed by atoms with Gasteiger partial charge in [0.2, 0.25) is 11.8 Å². The van der Waals surface area contributed by atoms with Gasteiger partial charge < -0.3 is 10.2 Å². The van der Waals surface area contributed by atoms with Crippen LogP contribution < -0.4 is 5.32 Å². The summed E-state index contributed by atoms with van der Waals surface area (Å²) >= 11 is 0.